The van der Waals surface area contributed by atoms with Gasteiger partial charge in [-0.15, -0.1) is 0 Å². The topological polar surface area (TPSA) is 33.0 Å². The fourth-order valence-corrected chi connectivity index (χ4v) is 1.82. The number of hydrogen-bond acceptors (Lipinski definition) is 2. The number of ether oxygens (including phenoxy) is 1. The number of nitrogens with zero attached hydrogens (tertiary/aromatic N) is 1. The van der Waals surface area contributed by atoms with Gasteiger partial charge in [-0.2, -0.15) is 5.26 Å². The number of nitriles is 1. The summed E-state index contributed by atoms with van der Waals surface area (Å²) in [6.07, 6.45) is 0. The minimum atomic E-state index is -0.734. The van der Waals surface area contributed by atoms with Crippen LogP contribution in [0, 0.1) is 17.1 Å². The maximum absolute atomic E-state index is 13.4. The molecule has 0 radical (unpaired) electrons. The first kappa shape index (κ1) is 12.9. The molecule has 0 saturated heterocycles. The second kappa shape index (κ2) is 5.38. The number of hydrogen-bond donors (Lipinski definition) is 0. The van der Waals surface area contributed by atoms with E-state index in [1.165, 1.54) is 12.1 Å². The third-order valence-corrected chi connectivity index (χ3v) is 2.98. The minimum absolute atomic E-state index is 0.138. The number of rotatable bonds is 2. The zero-order valence-corrected chi connectivity index (χ0v) is 11.3. The predicted molar refractivity (Wildman–Crippen MR) is 70.3 cm³/mol. The van der Waals surface area contributed by atoms with E-state index in [2.05, 4.69) is 15.9 Å². The Balaban J connectivity index is 2.33. The van der Waals surface area contributed by atoms with E-state index in [1.807, 2.05) is 12.1 Å². The van der Waals surface area contributed by atoms with Crippen LogP contribution in [0.4, 0.5) is 4.39 Å². The van der Waals surface area contributed by atoms with Gasteiger partial charge in [-0.3, -0.25) is 0 Å². The third kappa shape index (κ3) is 2.81. The second-order valence-electron chi connectivity index (χ2n) is 3.43. The van der Waals surface area contributed by atoms with Crippen molar-refractivity contribution in [2.45, 2.75) is 0 Å². The van der Waals surface area contributed by atoms with Crippen LogP contribution in [0.2, 0.25) is 5.02 Å². The van der Waals surface area contributed by atoms with E-state index < -0.39 is 5.82 Å². The summed E-state index contributed by atoms with van der Waals surface area (Å²) >= 11 is 8.98. The van der Waals surface area contributed by atoms with Crippen molar-refractivity contribution in [3.8, 4) is 17.6 Å². The van der Waals surface area contributed by atoms with E-state index in [-0.39, 0.29) is 10.6 Å². The van der Waals surface area contributed by atoms with E-state index in [1.54, 1.807) is 18.2 Å². The van der Waals surface area contributed by atoms with E-state index in [0.717, 1.165) is 4.47 Å². The molecule has 2 aromatic rings. The van der Waals surface area contributed by atoms with Crippen molar-refractivity contribution < 1.29 is 9.13 Å². The van der Waals surface area contributed by atoms with Gasteiger partial charge < -0.3 is 4.74 Å². The quantitative estimate of drug-likeness (QED) is 0.786. The van der Waals surface area contributed by atoms with Gasteiger partial charge in [-0.1, -0.05) is 27.5 Å². The van der Waals surface area contributed by atoms with Crippen LogP contribution in [0.15, 0.2) is 40.9 Å². The summed E-state index contributed by atoms with van der Waals surface area (Å²) in [6, 6.07) is 11.5. The molecular formula is C13H6BrClFNO. The van der Waals surface area contributed by atoms with Crippen LogP contribution in [-0.2, 0) is 0 Å². The number of benzene rings is 2. The Labute approximate surface area is 117 Å². The molecule has 0 atom stereocenters. The lowest BCUT2D eigenvalue weighted by molar-refractivity contribution is 0.480. The van der Waals surface area contributed by atoms with E-state index >= 15 is 0 Å². The van der Waals surface area contributed by atoms with Crippen molar-refractivity contribution in [3.63, 3.8) is 0 Å². The van der Waals surface area contributed by atoms with E-state index in [9.17, 15) is 4.39 Å². The molecule has 0 spiro atoms. The molecule has 0 saturated carbocycles. The molecule has 2 nitrogen and oxygen atoms in total. The lowest BCUT2D eigenvalue weighted by atomic mass is 10.2. The molecule has 0 aliphatic carbocycles. The van der Waals surface area contributed by atoms with Crippen molar-refractivity contribution >= 4 is 27.5 Å². The molecule has 0 bridgehead atoms. The standard InChI is InChI=1S/C13H6BrClFNO/c14-9-1-3-10(4-2-9)18-11-5-8(7-17)13(16)12(15)6-11/h1-6H. The highest BCUT2D eigenvalue weighted by atomic mass is 79.9. The molecule has 0 unspecified atom stereocenters. The first-order chi connectivity index (χ1) is 8.60. The predicted octanol–water partition coefficient (Wildman–Crippen LogP) is 4.91. The fraction of sp³-hybridized carbons (Fsp3) is 0. The molecule has 0 heterocycles. The van der Waals surface area contributed by atoms with Crippen molar-refractivity contribution in [2.24, 2.45) is 0 Å². The first-order valence-electron chi connectivity index (χ1n) is 4.92. The highest BCUT2D eigenvalue weighted by Crippen LogP contribution is 2.29. The lowest BCUT2D eigenvalue weighted by Crippen LogP contribution is -1.89. The molecule has 18 heavy (non-hydrogen) atoms. The van der Waals surface area contributed by atoms with E-state index in [0.29, 0.717) is 11.5 Å². The van der Waals surface area contributed by atoms with Crippen LogP contribution < -0.4 is 4.74 Å². The lowest BCUT2D eigenvalue weighted by Gasteiger charge is -2.07. The normalized spacial score (nSPS) is 9.89. The maximum Gasteiger partial charge on any atom is 0.159 e. The van der Waals surface area contributed by atoms with Crippen LogP contribution in [-0.4, -0.2) is 0 Å². The summed E-state index contributed by atoms with van der Waals surface area (Å²) < 4.78 is 19.8. The molecule has 2 rings (SSSR count). The van der Waals surface area contributed by atoms with Crippen LogP contribution in [0.25, 0.3) is 0 Å². The highest BCUT2D eigenvalue weighted by molar-refractivity contribution is 9.10. The number of halogens is 3. The van der Waals surface area contributed by atoms with Gasteiger partial charge in [0.1, 0.15) is 17.6 Å². The summed E-state index contributed by atoms with van der Waals surface area (Å²) in [5.74, 6) is 0.160. The van der Waals surface area contributed by atoms with Crippen LogP contribution >= 0.6 is 27.5 Å². The summed E-state index contributed by atoms with van der Waals surface area (Å²) in [5, 5.41) is 8.62. The molecule has 0 aliphatic rings. The van der Waals surface area contributed by atoms with Crippen LogP contribution in [0.1, 0.15) is 5.56 Å². The van der Waals surface area contributed by atoms with Gasteiger partial charge in [0.2, 0.25) is 0 Å². The van der Waals surface area contributed by atoms with Gasteiger partial charge >= 0.3 is 0 Å². The minimum Gasteiger partial charge on any atom is -0.457 e. The van der Waals surface area contributed by atoms with E-state index in [4.69, 9.17) is 21.6 Å². The summed E-state index contributed by atoms with van der Waals surface area (Å²) in [6.45, 7) is 0. The summed E-state index contributed by atoms with van der Waals surface area (Å²) in [4.78, 5) is 0. The van der Waals surface area contributed by atoms with Gasteiger partial charge in [-0.25, -0.2) is 4.39 Å². The molecule has 2 aromatic carbocycles. The summed E-state index contributed by atoms with van der Waals surface area (Å²) in [7, 11) is 0. The smallest absolute Gasteiger partial charge is 0.159 e. The average molecular weight is 327 g/mol. The van der Waals surface area contributed by atoms with Crippen molar-refractivity contribution in [3.05, 3.63) is 57.3 Å². The van der Waals surface area contributed by atoms with Crippen molar-refractivity contribution in [2.75, 3.05) is 0 Å². The zero-order valence-electron chi connectivity index (χ0n) is 8.95. The molecule has 0 aliphatic heterocycles. The van der Waals surface area contributed by atoms with Gasteiger partial charge in [0, 0.05) is 16.6 Å². The summed E-state index contributed by atoms with van der Waals surface area (Å²) in [5.41, 5.74) is -0.144. The Morgan fingerprint density at radius 2 is 1.83 bits per heavy atom. The first-order valence-corrected chi connectivity index (χ1v) is 6.10. The van der Waals surface area contributed by atoms with Gasteiger partial charge in [0.15, 0.2) is 5.82 Å². The fourth-order valence-electron chi connectivity index (χ4n) is 1.34. The zero-order chi connectivity index (χ0) is 13.1. The van der Waals surface area contributed by atoms with Crippen molar-refractivity contribution in [1.82, 2.24) is 0 Å². The molecule has 0 amide bonds. The molecule has 0 aromatic heterocycles. The molecule has 5 heteroatoms. The second-order valence-corrected chi connectivity index (χ2v) is 4.76. The van der Waals surface area contributed by atoms with Crippen LogP contribution in [0.3, 0.4) is 0 Å². The van der Waals surface area contributed by atoms with Gasteiger partial charge in [-0.05, 0) is 24.3 Å². The van der Waals surface area contributed by atoms with Gasteiger partial charge in [0.05, 0.1) is 10.6 Å². The highest BCUT2D eigenvalue weighted by Gasteiger charge is 2.10. The molecule has 0 N–H and O–H groups in total. The molecular weight excluding hydrogens is 321 g/mol. The average Bonchev–Trinajstić information content (AvgIpc) is 2.36. The monoisotopic (exact) mass is 325 g/mol. The molecule has 0 fully saturated rings. The maximum atomic E-state index is 13.4. The Morgan fingerprint density at radius 1 is 1.17 bits per heavy atom. The SMILES string of the molecule is N#Cc1cc(Oc2ccc(Br)cc2)cc(Cl)c1F. The third-order valence-electron chi connectivity index (χ3n) is 2.17. The van der Waals surface area contributed by atoms with Gasteiger partial charge in [0.25, 0.3) is 0 Å². The Kier molecular flexibility index (Phi) is 3.85. The van der Waals surface area contributed by atoms with Crippen molar-refractivity contribution in [1.29, 1.82) is 5.26 Å². The molecule has 90 valence electrons. The Hall–Kier alpha value is -1.57. The Bertz CT molecular complexity index is 622. The largest absolute Gasteiger partial charge is 0.457 e. The Morgan fingerprint density at radius 3 is 2.44 bits per heavy atom. The van der Waals surface area contributed by atoms with Crippen LogP contribution in [0.5, 0.6) is 11.5 Å².